The van der Waals surface area contributed by atoms with Crippen LogP contribution in [-0.2, 0) is 9.92 Å². The molecule has 1 amide bonds. The highest BCUT2D eigenvalue weighted by atomic mass is 35.7. The highest BCUT2D eigenvalue weighted by molar-refractivity contribution is 7.98. The molecule has 8 heavy (non-hydrogen) atoms. The molecule has 0 radical (unpaired) electrons. The number of amides is 1. The van der Waals surface area contributed by atoms with Crippen LogP contribution >= 0.6 is 10.7 Å². The molecule has 3 N–H and O–H groups in total. The van der Waals surface area contributed by atoms with Crippen LogP contribution in [0.5, 0.6) is 0 Å². The maximum absolute atomic E-state index is 8.80. The smallest absolute Gasteiger partial charge is 0.402 e. The quantitative estimate of drug-likeness (QED) is 0.326. The van der Waals surface area contributed by atoms with E-state index in [9.17, 15) is 0 Å². The topological polar surface area (TPSA) is 97.5 Å². The number of thiol groups is 1. The number of halogens is 1. The molecule has 0 aliphatic carbocycles. The van der Waals surface area contributed by atoms with Crippen molar-refractivity contribution >= 4 is 26.7 Å². The summed E-state index contributed by atoms with van der Waals surface area (Å²) in [7, 11) is 1.58. The Bertz CT molecular complexity index is 118. The molecule has 0 heterocycles. The lowest BCUT2D eigenvalue weighted by Crippen LogP contribution is -2.03. The van der Waals surface area contributed by atoms with Crippen molar-refractivity contribution < 1.29 is 18.3 Å². The van der Waals surface area contributed by atoms with Gasteiger partial charge >= 0.3 is 6.09 Å². The van der Waals surface area contributed by atoms with Crippen LogP contribution in [-0.4, -0.2) is 19.6 Å². The molecule has 0 spiro atoms. The molecule has 0 saturated heterocycles. The average Bonchev–Trinajstić information content (AvgIpc) is 1.25. The lowest BCUT2D eigenvalue weighted by Gasteiger charge is -1.61. The molecule has 0 aliphatic heterocycles. The average molecular weight is 162 g/mol. The van der Waals surface area contributed by atoms with E-state index < -0.39 is 16.0 Å². The van der Waals surface area contributed by atoms with Crippen LogP contribution in [0, 0.1) is 0 Å². The lowest BCUT2D eigenvalue weighted by atomic mass is 11.3. The van der Waals surface area contributed by atoms with Gasteiger partial charge in [0.15, 0.2) is 0 Å². The normalized spacial score (nSPS) is 7.25. The second-order valence-corrected chi connectivity index (χ2v) is 1.80. The van der Waals surface area contributed by atoms with Crippen molar-refractivity contribution in [2.45, 2.75) is 0 Å². The van der Waals surface area contributed by atoms with Gasteiger partial charge in [0.1, 0.15) is 0 Å². The first-order valence-electron chi connectivity index (χ1n) is 1.25. The molecule has 5 nitrogen and oxygen atoms in total. The maximum atomic E-state index is 8.80. The van der Waals surface area contributed by atoms with Gasteiger partial charge < -0.3 is 10.8 Å². The van der Waals surface area contributed by atoms with Gasteiger partial charge in [-0.1, -0.05) is 0 Å². The van der Waals surface area contributed by atoms with Gasteiger partial charge in [0.05, 0.1) is 0 Å². The number of hydrogen-bond acceptors (Lipinski definition) is 3. The van der Waals surface area contributed by atoms with E-state index in [-0.39, 0.29) is 0 Å². The van der Waals surface area contributed by atoms with E-state index in [0.29, 0.717) is 0 Å². The number of primary amides is 1. The fraction of sp³-hybridized carbons (Fsp3) is 0. The third kappa shape index (κ3) is 467. The number of carboxylic acid groups (broad SMARTS) is 1. The van der Waals surface area contributed by atoms with Crippen molar-refractivity contribution in [3.63, 3.8) is 0 Å². The van der Waals surface area contributed by atoms with E-state index >= 15 is 0 Å². The fourth-order valence-electron chi connectivity index (χ4n) is 0. The highest BCUT2D eigenvalue weighted by Crippen LogP contribution is 1.61. The van der Waals surface area contributed by atoms with Gasteiger partial charge in [-0.2, -0.15) is 0 Å². The van der Waals surface area contributed by atoms with Crippen LogP contribution in [0.25, 0.3) is 0 Å². The van der Waals surface area contributed by atoms with Crippen molar-refractivity contribution in [3.8, 4) is 0 Å². The Morgan fingerprint density at radius 3 is 1.62 bits per heavy atom. The summed E-state index contributed by atoms with van der Waals surface area (Å²) in [6.45, 7) is 0. The third-order valence-corrected chi connectivity index (χ3v) is 0. The molecule has 0 rings (SSSR count). The lowest BCUT2D eigenvalue weighted by molar-refractivity contribution is 0.205. The van der Waals surface area contributed by atoms with E-state index in [0.717, 1.165) is 0 Å². The summed E-state index contributed by atoms with van der Waals surface area (Å²) < 4.78 is 17.6. The van der Waals surface area contributed by atoms with Crippen molar-refractivity contribution in [3.05, 3.63) is 0 Å². The minimum atomic E-state index is -2.65. The summed E-state index contributed by atoms with van der Waals surface area (Å²) in [4.78, 5) is 8.78. The molecule has 0 saturated carbocycles. The molecule has 0 aromatic rings. The molecule has 50 valence electrons. The molecule has 0 aliphatic rings. The molecule has 0 aromatic carbocycles. The molecule has 0 atom stereocenters. The van der Waals surface area contributed by atoms with E-state index in [4.69, 9.17) is 18.3 Å². The third-order valence-electron chi connectivity index (χ3n) is 0. The van der Waals surface area contributed by atoms with Crippen molar-refractivity contribution in [1.29, 1.82) is 0 Å². The Balaban J connectivity index is 0. The Labute approximate surface area is 51.5 Å². The van der Waals surface area contributed by atoms with E-state index in [2.05, 4.69) is 16.4 Å². The van der Waals surface area contributed by atoms with Gasteiger partial charge in [-0.05, 0) is 0 Å². The molecule has 0 bridgehead atoms. The van der Waals surface area contributed by atoms with Crippen LogP contribution in [0.1, 0.15) is 0 Å². The Morgan fingerprint density at radius 2 is 1.62 bits per heavy atom. The standard InChI is InChI=1S/CH3NO2.ClHO2S/c2-1(3)4;1-4(2)3/h2H2,(H,3,4);4H. The SMILES string of the molecule is NC(=O)O.O=[SH](=O)Cl. The second-order valence-electron chi connectivity index (χ2n) is 0.551. The maximum Gasteiger partial charge on any atom is 0.402 e. The number of rotatable bonds is 0. The van der Waals surface area contributed by atoms with Gasteiger partial charge in [-0.15, -0.1) is 0 Å². The van der Waals surface area contributed by atoms with Gasteiger partial charge in [-0.3, -0.25) is 0 Å². The van der Waals surface area contributed by atoms with Crippen LogP contribution in [0.2, 0.25) is 0 Å². The summed E-state index contributed by atoms with van der Waals surface area (Å²) in [6.07, 6.45) is -1.33. The second kappa shape index (κ2) is 6.51. The van der Waals surface area contributed by atoms with E-state index in [1.54, 1.807) is 0 Å². The van der Waals surface area contributed by atoms with Gasteiger partial charge in [0.25, 0.3) is 0 Å². The molecule has 0 fully saturated rings. The molecular weight excluding hydrogens is 158 g/mol. The fourth-order valence-corrected chi connectivity index (χ4v) is 0. The first-order chi connectivity index (χ1) is 3.46. The van der Waals surface area contributed by atoms with Crippen LogP contribution < -0.4 is 5.73 Å². The zero-order valence-corrected chi connectivity index (χ0v) is 5.22. The van der Waals surface area contributed by atoms with Crippen molar-refractivity contribution in [1.82, 2.24) is 0 Å². The van der Waals surface area contributed by atoms with Crippen LogP contribution in [0.4, 0.5) is 4.79 Å². The highest BCUT2D eigenvalue weighted by Gasteiger charge is 1.65. The first kappa shape index (κ1) is 10.5. The van der Waals surface area contributed by atoms with Gasteiger partial charge in [0.2, 0.25) is 9.92 Å². The van der Waals surface area contributed by atoms with Gasteiger partial charge in [0, 0.05) is 10.7 Å². The molecular formula is CH4ClNO4S. The first-order valence-corrected chi connectivity index (χ1v) is 3.33. The van der Waals surface area contributed by atoms with E-state index in [1.165, 1.54) is 0 Å². The van der Waals surface area contributed by atoms with Crippen molar-refractivity contribution in [2.75, 3.05) is 0 Å². The Kier molecular flexibility index (Phi) is 8.53. The van der Waals surface area contributed by atoms with Gasteiger partial charge in [-0.25, -0.2) is 13.2 Å². The van der Waals surface area contributed by atoms with Crippen LogP contribution in [0.3, 0.4) is 0 Å². The molecule has 0 unspecified atom stereocenters. The summed E-state index contributed by atoms with van der Waals surface area (Å²) in [5, 5.41) is 7.19. The number of nitrogens with two attached hydrogens (primary N) is 1. The summed E-state index contributed by atoms with van der Waals surface area (Å²) >= 11 is 0. The number of hydrogen-bond donors (Lipinski definition) is 3. The zero-order valence-electron chi connectivity index (χ0n) is 3.57. The molecule has 7 heteroatoms. The summed E-state index contributed by atoms with van der Waals surface area (Å²) in [5.74, 6) is 0. The summed E-state index contributed by atoms with van der Waals surface area (Å²) in [6, 6.07) is 0. The zero-order chi connectivity index (χ0) is 7.15. The minimum Gasteiger partial charge on any atom is -0.465 e. The minimum absolute atomic E-state index is 1.33. The molecule has 0 aromatic heterocycles. The predicted molar refractivity (Wildman–Crippen MR) is 28.4 cm³/mol. The summed E-state index contributed by atoms with van der Waals surface area (Å²) in [5.41, 5.74) is 4.03. The van der Waals surface area contributed by atoms with Crippen LogP contribution in [0.15, 0.2) is 0 Å². The van der Waals surface area contributed by atoms with E-state index in [1.807, 2.05) is 0 Å². The largest absolute Gasteiger partial charge is 0.465 e. The number of carbonyl (C=O) groups is 1. The predicted octanol–water partition coefficient (Wildman–Crippen LogP) is -0.625. The Hall–Kier alpha value is -0.490. The monoisotopic (exact) mass is 161 g/mol. The van der Waals surface area contributed by atoms with Crippen molar-refractivity contribution in [2.24, 2.45) is 5.73 Å². The Morgan fingerprint density at radius 1 is 1.62 bits per heavy atom.